The zero-order valence-corrected chi connectivity index (χ0v) is 11.6. The van der Waals surface area contributed by atoms with Crippen molar-refractivity contribution in [3.63, 3.8) is 0 Å². The molecular formula is C15H20FNO3. The van der Waals surface area contributed by atoms with Gasteiger partial charge in [-0.3, -0.25) is 4.79 Å². The van der Waals surface area contributed by atoms with Crippen molar-refractivity contribution < 1.29 is 19.1 Å². The summed E-state index contributed by atoms with van der Waals surface area (Å²) in [5.74, 6) is -2.15. The van der Waals surface area contributed by atoms with Crippen LogP contribution in [0.5, 0.6) is 0 Å². The Morgan fingerprint density at radius 3 is 2.65 bits per heavy atom. The predicted molar refractivity (Wildman–Crippen MR) is 74.0 cm³/mol. The number of carbonyl (C=O) groups excluding carboxylic acids is 1. The molecule has 0 bridgehead atoms. The van der Waals surface area contributed by atoms with Crippen molar-refractivity contribution >= 4 is 11.9 Å². The van der Waals surface area contributed by atoms with Gasteiger partial charge in [0, 0.05) is 5.56 Å². The third kappa shape index (κ3) is 5.38. The number of amides is 1. The first-order valence-corrected chi connectivity index (χ1v) is 6.83. The molecule has 0 heterocycles. The number of hydrogen-bond donors (Lipinski definition) is 2. The fourth-order valence-electron chi connectivity index (χ4n) is 1.90. The van der Waals surface area contributed by atoms with Gasteiger partial charge in [0.1, 0.15) is 11.9 Å². The van der Waals surface area contributed by atoms with E-state index in [1.165, 1.54) is 18.2 Å². The number of unbranched alkanes of at least 4 members (excludes halogenated alkanes) is 3. The predicted octanol–water partition coefficient (Wildman–Crippen LogP) is 2.98. The van der Waals surface area contributed by atoms with Gasteiger partial charge in [0.25, 0.3) is 5.91 Å². The van der Waals surface area contributed by atoms with Crippen molar-refractivity contribution in [2.75, 3.05) is 0 Å². The van der Waals surface area contributed by atoms with Crippen molar-refractivity contribution in [1.82, 2.24) is 5.32 Å². The fourth-order valence-corrected chi connectivity index (χ4v) is 1.90. The molecule has 0 aromatic heterocycles. The summed E-state index contributed by atoms with van der Waals surface area (Å²) >= 11 is 0. The molecule has 0 spiro atoms. The molecule has 0 saturated heterocycles. The largest absolute Gasteiger partial charge is 0.480 e. The van der Waals surface area contributed by atoms with E-state index in [0.29, 0.717) is 6.42 Å². The first-order chi connectivity index (χ1) is 9.54. The summed E-state index contributed by atoms with van der Waals surface area (Å²) in [4.78, 5) is 23.0. The second-order valence-electron chi connectivity index (χ2n) is 4.72. The van der Waals surface area contributed by atoms with E-state index in [9.17, 15) is 14.0 Å². The van der Waals surface area contributed by atoms with Crippen LogP contribution in [0.4, 0.5) is 4.39 Å². The van der Waals surface area contributed by atoms with Crippen molar-refractivity contribution in [2.24, 2.45) is 0 Å². The Kier molecular flexibility index (Phi) is 6.70. The van der Waals surface area contributed by atoms with E-state index in [-0.39, 0.29) is 5.56 Å². The van der Waals surface area contributed by atoms with Crippen LogP contribution in [0.25, 0.3) is 0 Å². The molecule has 5 heteroatoms. The van der Waals surface area contributed by atoms with E-state index in [1.807, 2.05) is 0 Å². The van der Waals surface area contributed by atoms with Crippen LogP contribution >= 0.6 is 0 Å². The highest BCUT2D eigenvalue weighted by atomic mass is 19.1. The van der Waals surface area contributed by atoms with Gasteiger partial charge in [0.15, 0.2) is 0 Å². The van der Waals surface area contributed by atoms with E-state index in [2.05, 4.69) is 12.2 Å². The van der Waals surface area contributed by atoms with Crippen LogP contribution in [0.1, 0.15) is 49.4 Å². The van der Waals surface area contributed by atoms with Gasteiger partial charge < -0.3 is 10.4 Å². The third-order valence-electron chi connectivity index (χ3n) is 3.04. The normalized spacial score (nSPS) is 11.9. The molecule has 0 aliphatic rings. The number of carbonyl (C=O) groups is 2. The van der Waals surface area contributed by atoms with Crippen LogP contribution in [-0.4, -0.2) is 23.0 Å². The van der Waals surface area contributed by atoms with Crippen LogP contribution in [0, 0.1) is 5.82 Å². The second kappa shape index (κ2) is 8.30. The van der Waals surface area contributed by atoms with E-state index >= 15 is 0 Å². The molecule has 20 heavy (non-hydrogen) atoms. The summed E-state index contributed by atoms with van der Waals surface area (Å²) in [7, 11) is 0. The average molecular weight is 281 g/mol. The number of rotatable bonds is 8. The van der Waals surface area contributed by atoms with Gasteiger partial charge in [-0.1, -0.05) is 38.7 Å². The Hall–Kier alpha value is -1.91. The van der Waals surface area contributed by atoms with Crippen LogP contribution in [0.3, 0.4) is 0 Å². The molecule has 0 aliphatic heterocycles. The molecule has 4 nitrogen and oxygen atoms in total. The number of benzene rings is 1. The number of hydrogen-bond acceptors (Lipinski definition) is 2. The highest BCUT2D eigenvalue weighted by molar-refractivity contribution is 5.96. The minimum Gasteiger partial charge on any atom is -0.480 e. The SMILES string of the molecule is CCCCCC[C@@H](NC(=O)c1cccc(F)c1)C(=O)O. The average Bonchev–Trinajstić information content (AvgIpc) is 2.41. The van der Waals surface area contributed by atoms with Crippen molar-refractivity contribution in [3.8, 4) is 0 Å². The van der Waals surface area contributed by atoms with E-state index in [1.54, 1.807) is 0 Å². The molecule has 1 aromatic carbocycles. The molecule has 1 amide bonds. The molecule has 0 fully saturated rings. The monoisotopic (exact) mass is 281 g/mol. The summed E-state index contributed by atoms with van der Waals surface area (Å²) in [6, 6.07) is 4.26. The minimum absolute atomic E-state index is 0.129. The molecule has 1 aromatic rings. The zero-order chi connectivity index (χ0) is 15.0. The summed E-state index contributed by atoms with van der Waals surface area (Å²) in [5, 5.41) is 11.5. The van der Waals surface area contributed by atoms with Gasteiger partial charge in [0.05, 0.1) is 0 Å². The van der Waals surface area contributed by atoms with E-state index in [0.717, 1.165) is 31.7 Å². The minimum atomic E-state index is -1.06. The summed E-state index contributed by atoms with van der Waals surface area (Å²) in [5.41, 5.74) is 0.129. The maximum atomic E-state index is 13.0. The quantitative estimate of drug-likeness (QED) is 0.720. The van der Waals surface area contributed by atoms with Gasteiger partial charge in [0.2, 0.25) is 0 Å². The topological polar surface area (TPSA) is 66.4 Å². The maximum Gasteiger partial charge on any atom is 0.326 e. The summed E-state index contributed by atoms with van der Waals surface area (Å²) in [6.07, 6.45) is 4.18. The lowest BCUT2D eigenvalue weighted by atomic mass is 10.1. The molecule has 0 radical (unpaired) electrons. The fraction of sp³-hybridized carbons (Fsp3) is 0.467. The first-order valence-electron chi connectivity index (χ1n) is 6.83. The molecule has 2 N–H and O–H groups in total. The Balaban J connectivity index is 2.56. The second-order valence-corrected chi connectivity index (χ2v) is 4.72. The Morgan fingerprint density at radius 2 is 2.05 bits per heavy atom. The zero-order valence-electron chi connectivity index (χ0n) is 11.6. The molecule has 0 unspecified atom stereocenters. The maximum absolute atomic E-state index is 13.0. The van der Waals surface area contributed by atoms with Crippen molar-refractivity contribution in [2.45, 2.75) is 45.1 Å². The van der Waals surface area contributed by atoms with Gasteiger partial charge in [-0.25, -0.2) is 9.18 Å². The Labute approximate surface area is 118 Å². The van der Waals surface area contributed by atoms with E-state index < -0.39 is 23.7 Å². The van der Waals surface area contributed by atoms with Gasteiger partial charge in [-0.15, -0.1) is 0 Å². The standard InChI is InChI=1S/C15H20FNO3/c1-2-3-4-5-9-13(15(19)20)17-14(18)11-7-6-8-12(16)10-11/h6-8,10,13H,2-5,9H2,1H3,(H,17,18)(H,19,20)/t13-/m1/s1. The third-order valence-corrected chi connectivity index (χ3v) is 3.04. The summed E-state index contributed by atoms with van der Waals surface area (Å²) in [6.45, 7) is 2.07. The molecule has 0 saturated carbocycles. The highest BCUT2D eigenvalue weighted by Gasteiger charge is 2.20. The lowest BCUT2D eigenvalue weighted by Crippen LogP contribution is -2.40. The molecule has 1 rings (SSSR count). The lowest BCUT2D eigenvalue weighted by molar-refractivity contribution is -0.139. The highest BCUT2D eigenvalue weighted by Crippen LogP contribution is 2.08. The Morgan fingerprint density at radius 1 is 1.30 bits per heavy atom. The number of aliphatic carboxylic acids is 1. The number of carboxylic acids is 1. The van der Waals surface area contributed by atoms with Crippen LogP contribution in [-0.2, 0) is 4.79 Å². The van der Waals surface area contributed by atoms with Crippen LogP contribution in [0.15, 0.2) is 24.3 Å². The van der Waals surface area contributed by atoms with Crippen LogP contribution in [0.2, 0.25) is 0 Å². The smallest absolute Gasteiger partial charge is 0.326 e. The van der Waals surface area contributed by atoms with E-state index in [4.69, 9.17) is 5.11 Å². The molecule has 1 atom stereocenters. The number of nitrogens with one attached hydrogen (secondary N) is 1. The number of halogens is 1. The van der Waals surface area contributed by atoms with Gasteiger partial charge >= 0.3 is 5.97 Å². The first kappa shape index (κ1) is 16.1. The molecular weight excluding hydrogens is 261 g/mol. The van der Waals surface area contributed by atoms with Crippen molar-refractivity contribution in [3.05, 3.63) is 35.6 Å². The van der Waals surface area contributed by atoms with Crippen molar-refractivity contribution in [1.29, 1.82) is 0 Å². The summed E-state index contributed by atoms with van der Waals surface area (Å²) < 4.78 is 13.0. The molecule has 0 aliphatic carbocycles. The van der Waals surface area contributed by atoms with Gasteiger partial charge in [-0.05, 0) is 24.6 Å². The molecule has 110 valence electrons. The number of carboxylic acid groups (broad SMARTS) is 1. The Bertz CT molecular complexity index is 462. The van der Waals surface area contributed by atoms with Gasteiger partial charge in [-0.2, -0.15) is 0 Å². The van der Waals surface area contributed by atoms with Crippen LogP contribution < -0.4 is 5.32 Å². The lowest BCUT2D eigenvalue weighted by Gasteiger charge is -2.14.